The Morgan fingerprint density at radius 2 is 1.56 bits per heavy atom. The molecule has 88 valence electrons. The average molecular weight is 227 g/mol. The number of benzene rings is 1. The Balaban J connectivity index is 2.24. The van der Waals surface area contributed by atoms with Crippen LogP contribution in [0.25, 0.3) is 0 Å². The molecule has 2 atom stereocenters. The Hall–Kier alpha value is -0.925. The summed E-state index contributed by atoms with van der Waals surface area (Å²) in [7, 11) is 0. The van der Waals surface area contributed by atoms with Crippen LogP contribution in [0.2, 0.25) is 5.82 Å². The molecule has 0 N–H and O–H groups in total. The Morgan fingerprint density at radius 3 is 2.19 bits per heavy atom. The van der Waals surface area contributed by atoms with Gasteiger partial charge in [-0.25, -0.2) is 0 Å². The standard InChI is InChI=1S/C12H15BF3/c14-13(15,16)12-9-5-4-8-11(12)10-6-2-1-3-7-10/h1-3,6-7,11-12H,4-5,8-9H2/q-1/t11-,12?/m1/s1. The third-order valence-corrected chi connectivity index (χ3v) is 3.53. The molecule has 0 radical (unpaired) electrons. The molecule has 0 nitrogen and oxygen atoms in total. The van der Waals surface area contributed by atoms with Gasteiger partial charge in [-0.15, -0.1) is 0 Å². The maximum atomic E-state index is 12.9. The largest absolute Gasteiger partial charge is 0.481 e. The van der Waals surface area contributed by atoms with Gasteiger partial charge in [0, 0.05) is 0 Å². The fourth-order valence-corrected chi connectivity index (χ4v) is 2.73. The maximum absolute atomic E-state index is 12.9. The fourth-order valence-electron chi connectivity index (χ4n) is 2.73. The fraction of sp³-hybridized carbons (Fsp3) is 0.500. The highest BCUT2D eigenvalue weighted by atomic mass is 19.4. The van der Waals surface area contributed by atoms with E-state index in [1.54, 1.807) is 0 Å². The van der Waals surface area contributed by atoms with Crippen molar-refractivity contribution in [3.8, 4) is 0 Å². The van der Waals surface area contributed by atoms with E-state index in [4.69, 9.17) is 0 Å². The number of hydrogen-bond donors (Lipinski definition) is 0. The lowest BCUT2D eigenvalue weighted by atomic mass is 9.58. The van der Waals surface area contributed by atoms with E-state index >= 15 is 0 Å². The molecule has 0 saturated heterocycles. The van der Waals surface area contributed by atoms with Crippen molar-refractivity contribution in [2.45, 2.75) is 37.4 Å². The number of rotatable bonds is 2. The molecule has 0 amide bonds. The molecule has 1 aliphatic rings. The highest BCUT2D eigenvalue weighted by molar-refractivity contribution is 6.60. The molecule has 16 heavy (non-hydrogen) atoms. The third kappa shape index (κ3) is 2.42. The van der Waals surface area contributed by atoms with E-state index in [1.165, 1.54) is 0 Å². The topological polar surface area (TPSA) is 0 Å². The second-order valence-corrected chi connectivity index (χ2v) is 4.59. The molecule has 4 heteroatoms. The van der Waals surface area contributed by atoms with E-state index in [-0.39, 0.29) is 5.92 Å². The number of halogens is 3. The Morgan fingerprint density at radius 1 is 0.938 bits per heavy atom. The van der Waals surface area contributed by atoms with Crippen LogP contribution < -0.4 is 0 Å². The van der Waals surface area contributed by atoms with Crippen LogP contribution in [-0.4, -0.2) is 6.98 Å². The highest BCUT2D eigenvalue weighted by Crippen LogP contribution is 2.48. The van der Waals surface area contributed by atoms with E-state index in [2.05, 4.69) is 0 Å². The Bertz CT molecular complexity index is 334. The minimum atomic E-state index is -4.71. The summed E-state index contributed by atoms with van der Waals surface area (Å²) < 4.78 is 38.8. The van der Waals surface area contributed by atoms with Crippen LogP contribution in [0.4, 0.5) is 12.9 Å². The average Bonchev–Trinajstić information content (AvgIpc) is 2.29. The van der Waals surface area contributed by atoms with Gasteiger partial charge in [-0.1, -0.05) is 55.4 Å². The summed E-state index contributed by atoms with van der Waals surface area (Å²) in [5.41, 5.74) is 0.853. The summed E-state index contributed by atoms with van der Waals surface area (Å²) >= 11 is 0. The molecular formula is C12H15BF3-. The highest BCUT2D eigenvalue weighted by Gasteiger charge is 2.41. The van der Waals surface area contributed by atoms with Crippen molar-refractivity contribution in [3.05, 3.63) is 35.9 Å². The molecule has 1 aliphatic carbocycles. The summed E-state index contributed by atoms with van der Waals surface area (Å²) in [6.07, 6.45) is 2.62. The Kier molecular flexibility index (Phi) is 3.26. The van der Waals surface area contributed by atoms with Gasteiger partial charge in [0.2, 0.25) is 0 Å². The lowest BCUT2D eigenvalue weighted by Gasteiger charge is -2.38. The first-order valence-electron chi connectivity index (χ1n) is 5.84. The van der Waals surface area contributed by atoms with Crippen LogP contribution in [0, 0.1) is 0 Å². The third-order valence-electron chi connectivity index (χ3n) is 3.53. The van der Waals surface area contributed by atoms with Crippen molar-refractivity contribution in [1.82, 2.24) is 0 Å². The second-order valence-electron chi connectivity index (χ2n) is 4.59. The molecule has 1 saturated carbocycles. The van der Waals surface area contributed by atoms with Gasteiger partial charge in [-0.2, -0.15) is 0 Å². The van der Waals surface area contributed by atoms with E-state index in [9.17, 15) is 12.9 Å². The van der Waals surface area contributed by atoms with Gasteiger partial charge in [0.1, 0.15) is 0 Å². The zero-order valence-corrected chi connectivity index (χ0v) is 9.08. The van der Waals surface area contributed by atoms with E-state index in [1.807, 2.05) is 30.3 Å². The van der Waals surface area contributed by atoms with E-state index < -0.39 is 12.8 Å². The van der Waals surface area contributed by atoms with Gasteiger partial charge >= 0.3 is 6.98 Å². The zero-order chi connectivity index (χ0) is 11.6. The molecule has 1 unspecified atom stereocenters. The normalized spacial score (nSPS) is 26.7. The van der Waals surface area contributed by atoms with Gasteiger partial charge < -0.3 is 12.9 Å². The van der Waals surface area contributed by atoms with Crippen LogP contribution in [0.15, 0.2) is 30.3 Å². The van der Waals surface area contributed by atoms with Crippen molar-refractivity contribution < 1.29 is 12.9 Å². The number of hydrogen-bond acceptors (Lipinski definition) is 0. The van der Waals surface area contributed by atoms with Crippen LogP contribution in [0.3, 0.4) is 0 Å². The summed E-state index contributed by atoms with van der Waals surface area (Å²) in [6, 6.07) is 9.14. The first kappa shape index (κ1) is 11.6. The summed E-state index contributed by atoms with van der Waals surface area (Å²) in [6.45, 7) is -4.71. The van der Waals surface area contributed by atoms with Crippen LogP contribution in [0.1, 0.15) is 37.2 Å². The van der Waals surface area contributed by atoms with Crippen molar-refractivity contribution in [2.75, 3.05) is 0 Å². The zero-order valence-electron chi connectivity index (χ0n) is 9.08. The summed E-state index contributed by atoms with van der Waals surface area (Å²) in [5.74, 6) is -1.40. The minimum absolute atomic E-state index is 0.309. The first-order chi connectivity index (χ1) is 7.59. The molecular weight excluding hydrogens is 212 g/mol. The molecule has 0 bridgehead atoms. The van der Waals surface area contributed by atoms with Gasteiger partial charge in [-0.3, -0.25) is 0 Å². The van der Waals surface area contributed by atoms with Gasteiger partial charge in [-0.05, 0) is 17.9 Å². The molecule has 0 aliphatic heterocycles. The van der Waals surface area contributed by atoms with Crippen LogP contribution >= 0.6 is 0 Å². The SMILES string of the molecule is F[B-](F)(F)C1CCCC[C@@H]1c1ccccc1. The van der Waals surface area contributed by atoms with Gasteiger partial charge in [0.25, 0.3) is 0 Å². The molecule has 2 rings (SSSR count). The van der Waals surface area contributed by atoms with Gasteiger partial charge in [0.05, 0.1) is 0 Å². The monoisotopic (exact) mass is 227 g/mol. The van der Waals surface area contributed by atoms with Crippen molar-refractivity contribution in [3.63, 3.8) is 0 Å². The lowest BCUT2D eigenvalue weighted by molar-refractivity contribution is 0.344. The predicted molar refractivity (Wildman–Crippen MR) is 60.5 cm³/mol. The summed E-state index contributed by atoms with van der Waals surface area (Å²) in [4.78, 5) is 0. The molecule has 1 fully saturated rings. The van der Waals surface area contributed by atoms with Crippen molar-refractivity contribution in [1.29, 1.82) is 0 Å². The smallest absolute Gasteiger partial charge is 0.449 e. The predicted octanol–water partition coefficient (Wildman–Crippen LogP) is 4.56. The van der Waals surface area contributed by atoms with E-state index in [0.717, 1.165) is 18.4 Å². The lowest BCUT2D eigenvalue weighted by Crippen LogP contribution is -2.31. The van der Waals surface area contributed by atoms with Crippen molar-refractivity contribution in [2.24, 2.45) is 0 Å². The summed E-state index contributed by atoms with van der Waals surface area (Å²) in [5, 5.41) is 0. The van der Waals surface area contributed by atoms with Crippen LogP contribution in [-0.2, 0) is 0 Å². The molecule has 0 heterocycles. The maximum Gasteiger partial charge on any atom is 0.481 e. The molecule has 0 aromatic heterocycles. The van der Waals surface area contributed by atoms with Gasteiger partial charge in [0.15, 0.2) is 0 Å². The second kappa shape index (κ2) is 4.52. The molecule has 0 spiro atoms. The quantitative estimate of drug-likeness (QED) is 0.649. The molecule has 1 aromatic carbocycles. The first-order valence-corrected chi connectivity index (χ1v) is 5.84. The molecule has 1 aromatic rings. The Labute approximate surface area is 93.9 Å². The minimum Gasteiger partial charge on any atom is -0.449 e. The van der Waals surface area contributed by atoms with Crippen LogP contribution in [0.5, 0.6) is 0 Å². The van der Waals surface area contributed by atoms with Crippen molar-refractivity contribution >= 4 is 6.98 Å². The van der Waals surface area contributed by atoms with E-state index in [0.29, 0.717) is 12.8 Å².